The lowest BCUT2D eigenvalue weighted by Crippen LogP contribution is -2.45. The average molecular weight is 448 g/mol. The summed E-state index contributed by atoms with van der Waals surface area (Å²) in [6.07, 6.45) is 1.27. The molecule has 0 N–H and O–H groups in total. The maximum absolute atomic E-state index is 12.8. The molecule has 0 unspecified atom stereocenters. The molecule has 172 valence electrons. The second-order valence-electron chi connectivity index (χ2n) is 8.48. The molecule has 2 aromatic carbocycles. The Balaban J connectivity index is 1.50. The number of likely N-dealkylation sites (tertiary alicyclic amines) is 1. The van der Waals surface area contributed by atoms with Crippen LogP contribution in [0.15, 0.2) is 51.7 Å². The number of carbonyl (C=O) groups is 2. The number of piperidine rings is 1. The Bertz CT molecular complexity index is 1240. The van der Waals surface area contributed by atoms with Crippen LogP contribution in [0.1, 0.15) is 35.1 Å². The average Bonchev–Trinajstić information content (AvgIpc) is 2.82. The van der Waals surface area contributed by atoms with Gasteiger partial charge in [-0.15, -0.1) is 0 Å². The number of rotatable bonds is 6. The van der Waals surface area contributed by atoms with Crippen LogP contribution in [0.3, 0.4) is 0 Å². The number of benzene rings is 2. The molecule has 0 saturated carbocycles. The van der Waals surface area contributed by atoms with E-state index in [4.69, 9.17) is 9.15 Å². The summed E-state index contributed by atoms with van der Waals surface area (Å²) in [6, 6.07) is 13.4. The van der Waals surface area contributed by atoms with Crippen molar-refractivity contribution in [3.8, 4) is 5.75 Å². The summed E-state index contributed by atoms with van der Waals surface area (Å²) in [5.41, 5.74) is 3.25. The third-order valence-electron chi connectivity index (χ3n) is 6.41. The molecule has 1 fully saturated rings. The predicted molar refractivity (Wildman–Crippen MR) is 121 cm³/mol. The zero-order valence-electron chi connectivity index (χ0n) is 18.8. The van der Waals surface area contributed by atoms with Crippen molar-refractivity contribution < 1.29 is 23.8 Å². The Morgan fingerprint density at radius 1 is 1.06 bits per heavy atom. The Kier molecular flexibility index (Phi) is 6.49. The van der Waals surface area contributed by atoms with Crippen molar-refractivity contribution in [2.45, 2.75) is 33.1 Å². The van der Waals surface area contributed by atoms with E-state index in [0.29, 0.717) is 54.8 Å². The van der Waals surface area contributed by atoms with Crippen LogP contribution in [0.5, 0.6) is 5.75 Å². The van der Waals surface area contributed by atoms with Crippen LogP contribution < -0.4 is 15.5 Å². The quantitative estimate of drug-likeness (QED) is 0.537. The first kappa shape index (κ1) is 22.6. The highest BCUT2D eigenvalue weighted by Crippen LogP contribution is 2.30. The van der Waals surface area contributed by atoms with Crippen molar-refractivity contribution in [2.75, 3.05) is 19.7 Å². The van der Waals surface area contributed by atoms with E-state index in [0.717, 1.165) is 16.5 Å². The van der Waals surface area contributed by atoms with Crippen LogP contribution in [0.25, 0.3) is 11.0 Å². The van der Waals surface area contributed by atoms with Gasteiger partial charge in [-0.25, -0.2) is 4.79 Å². The lowest BCUT2D eigenvalue weighted by Gasteiger charge is -2.32. The summed E-state index contributed by atoms with van der Waals surface area (Å²) in [6.45, 7) is 4.28. The normalized spacial score (nSPS) is 14.4. The van der Waals surface area contributed by atoms with Crippen molar-refractivity contribution >= 4 is 22.8 Å². The largest absolute Gasteiger partial charge is 0.550 e. The molecule has 3 aromatic rings. The number of carbonyl (C=O) groups excluding carboxylic acids is 2. The highest BCUT2D eigenvalue weighted by atomic mass is 16.5. The molecule has 2 heterocycles. The van der Waals surface area contributed by atoms with E-state index in [2.05, 4.69) is 0 Å². The van der Waals surface area contributed by atoms with Gasteiger partial charge in [0.15, 0.2) is 6.61 Å². The molecular weight excluding hydrogens is 422 g/mol. The number of aliphatic carboxylic acids is 1. The maximum Gasteiger partial charge on any atom is 0.340 e. The van der Waals surface area contributed by atoms with Gasteiger partial charge in [0.1, 0.15) is 11.3 Å². The molecule has 1 aromatic heterocycles. The number of fused-ring (bicyclic) bond motifs is 1. The van der Waals surface area contributed by atoms with Gasteiger partial charge in [-0.2, -0.15) is 0 Å². The first-order valence-electron chi connectivity index (χ1n) is 11.1. The number of carboxylic acid groups (broad SMARTS) is 1. The minimum Gasteiger partial charge on any atom is -0.550 e. The van der Waals surface area contributed by atoms with E-state index in [1.165, 1.54) is 0 Å². The third-order valence-corrected chi connectivity index (χ3v) is 6.41. The van der Waals surface area contributed by atoms with Crippen molar-refractivity contribution in [3.05, 3.63) is 75.1 Å². The summed E-state index contributed by atoms with van der Waals surface area (Å²) in [5.74, 6) is -1.30. The molecule has 7 heteroatoms. The monoisotopic (exact) mass is 448 g/mol. The molecule has 0 bridgehead atoms. The van der Waals surface area contributed by atoms with Gasteiger partial charge in [-0.1, -0.05) is 30.3 Å². The van der Waals surface area contributed by atoms with E-state index in [-0.39, 0.29) is 18.1 Å². The highest BCUT2D eigenvalue weighted by molar-refractivity contribution is 5.86. The molecule has 0 aliphatic carbocycles. The molecule has 0 atom stereocenters. The molecule has 1 aliphatic rings. The van der Waals surface area contributed by atoms with Crippen molar-refractivity contribution in [3.63, 3.8) is 0 Å². The second-order valence-corrected chi connectivity index (χ2v) is 8.48. The minimum atomic E-state index is -1.06. The summed E-state index contributed by atoms with van der Waals surface area (Å²) in [7, 11) is 0. The van der Waals surface area contributed by atoms with Crippen LogP contribution in [0.4, 0.5) is 0 Å². The molecule has 1 aliphatic heterocycles. The summed E-state index contributed by atoms with van der Waals surface area (Å²) in [4.78, 5) is 37.9. The third kappa shape index (κ3) is 4.77. The highest BCUT2D eigenvalue weighted by Gasteiger charge is 2.24. The molecule has 4 rings (SSSR count). The van der Waals surface area contributed by atoms with Crippen LogP contribution in [-0.4, -0.2) is 36.5 Å². The van der Waals surface area contributed by atoms with E-state index >= 15 is 0 Å². The Hall–Kier alpha value is -3.61. The zero-order chi connectivity index (χ0) is 23.5. The molecule has 33 heavy (non-hydrogen) atoms. The van der Waals surface area contributed by atoms with E-state index in [1.807, 2.05) is 43.3 Å². The number of hydrogen-bond donors (Lipinski definition) is 0. The fraction of sp³-hybridized carbons (Fsp3) is 0.346. The smallest absolute Gasteiger partial charge is 0.340 e. The topological polar surface area (TPSA) is 99.9 Å². The van der Waals surface area contributed by atoms with Crippen molar-refractivity contribution in [1.82, 2.24) is 4.90 Å². The maximum atomic E-state index is 12.8. The Morgan fingerprint density at radius 2 is 1.76 bits per heavy atom. The number of hydrogen-bond acceptors (Lipinski definition) is 6. The van der Waals surface area contributed by atoms with Gasteiger partial charge in [0.2, 0.25) is 0 Å². The number of aryl methyl sites for hydroxylation is 2. The lowest BCUT2D eigenvalue weighted by molar-refractivity contribution is -0.312. The van der Waals surface area contributed by atoms with Gasteiger partial charge in [0.05, 0.1) is 0 Å². The van der Waals surface area contributed by atoms with Gasteiger partial charge >= 0.3 is 5.63 Å². The van der Waals surface area contributed by atoms with Gasteiger partial charge in [-0.3, -0.25) is 4.79 Å². The van der Waals surface area contributed by atoms with E-state index in [1.54, 1.807) is 17.9 Å². The molecule has 7 nitrogen and oxygen atoms in total. The van der Waals surface area contributed by atoms with Crippen molar-refractivity contribution in [2.24, 2.45) is 5.92 Å². The van der Waals surface area contributed by atoms with Gasteiger partial charge < -0.3 is 24.0 Å². The number of carboxylic acids is 1. The van der Waals surface area contributed by atoms with Gasteiger partial charge in [0, 0.05) is 47.9 Å². The lowest BCUT2D eigenvalue weighted by atomic mass is 9.97. The van der Waals surface area contributed by atoms with Crippen LogP contribution in [0, 0.1) is 19.8 Å². The molecule has 0 radical (unpaired) electrons. The van der Waals surface area contributed by atoms with Crippen LogP contribution in [-0.2, 0) is 16.0 Å². The SMILES string of the molecule is Cc1c(Cc2ccccc2)c(=O)oc2c(C)c(OCC(=O)N3CCC(C(=O)[O-])CC3)ccc12. The Labute approximate surface area is 191 Å². The fourth-order valence-corrected chi connectivity index (χ4v) is 4.33. The van der Waals surface area contributed by atoms with E-state index in [9.17, 15) is 19.5 Å². The molecule has 1 amide bonds. The number of nitrogens with zero attached hydrogens (tertiary/aromatic N) is 1. The Morgan fingerprint density at radius 3 is 2.42 bits per heavy atom. The van der Waals surface area contributed by atoms with Crippen molar-refractivity contribution in [1.29, 1.82) is 0 Å². The number of ether oxygens (including phenoxy) is 1. The number of amides is 1. The standard InChI is InChI=1S/C26H27NO6/c1-16-20-8-9-22(32-15-23(28)27-12-10-19(11-13-27)25(29)30)17(2)24(20)33-26(31)21(16)14-18-6-4-3-5-7-18/h3-9,19H,10-15H2,1-2H3,(H,29,30)/p-1. The van der Waals surface area contributed by atoms with E-state index < -0.39 is 11.9 Å². The fourth-order valence-electron chi connectivity index (χ4n) is 4.33. The summed E-state index contributed by atoms with van der Waals surface area (Å²) >= 11 is 0. The summed E-state index contributed by atoms with van der Waals surface area (Å²) < 4.78 is 11.4. The molecular formula is C26H26NO6-. The first-order chi connectivity index (χ1) is 15.8. The second kappa shape index (κ2) is 9.48. The van der Waals surface area contributed by atoms with Gasteiger partial charge in [0.25, 0.3) is 5.91 Å². The van der Waals surface area contributed by atoms with Crippen LogP contribution in [0.2, 0.25) is 0 Å². The molecule has 0 spiro atoms. The minimum absolute atomic E-state index is 0.169. The zero-order valence-corrected chi connectivity index (χ0v) is 18.8. The van der Waals surface area contributed by atoms with Crippen LogP contribution >= 0.6 is 0 Å². The molecule has 1 saturated heterocycles. The summed E-state index contributed by atoms with van der Waals surface area (Å²) in [5, 5.41) is 11.8. The predicted octanol–water partition coefficient (Wildman–Crippen LogP) is 2.37. The van der Waals surface area contributed by atoms with Gasteiger partial charge in [-0.05, 0) is 49.9 Å². The first-order valence-corrected chi connectivity index (χ1v) is 11.1.